The summed E-state index contributed by atoms with van der Waals surface area (Å²) in [7, 11) is 3.01. The maximum absolute atomic E-state index is 12.7. The lowest BCUT2D eigenvalue weighted by molar-refractivity contribution is -0.136. The Morgan fingerprint density at radius 3 is 2.46 bits per heavy atom. The number of unbranched alkanes of at least 4 members (excludes halogenated alkanes) is 1. The molecule has 1 aromatic rings. The summed E-state index contributed by atoms with van der Waals surface area (Å²) in [6, 6.07) is 8.83. The topological polar surface area (TPSA) is 60.9 Å². The lowest BCUT2D eigenvalue weighted by Crippen LogP contribution is -2.40. The van der Waals surface area contributed by atoms with Gasteiger partial charge in [-0.1, -0.05) is 55.8 Å². The molecule has 1 aliphatic heterocycles. The Balaban J connectivity index is 2.01. The molecule has 1 fully saturated rings. The van der Waals surface area contributed by atoms with E-state index in [9.17, 15) is 14.4 Å². The van der Waals surface area contributed by atoms with Gasteiger partial charge in [0, 0.05) is 27.2 Å². The number of benzene rings is 1. The Kier molecular flexibility index (Phi) is 6.95. The predicted molar refractivity (Wildman–Crippen MR) is 101 cm³/mol. The smallest absolute Gasteiger partial charge is 0.326 e. The standard InChI is InChI=1S/C20H27N3O3/c1-4-5-13-23(14-9-12-16-10-7-6-8-11-16)18(24)15-17-19(25)22(3)20(26)21(17)2/h6-12,17H,4-5,13-15H2,1-3H3/b12-9+/t17-/m0/s1. The summed E-state index contributed by atoms with van der Waals surface area (Å²) in [5, 5.41) is 0. The third-order valence-electron chi connectivity index (χ3n) is 4.61. The zero-order valence-electron chi connectivity index (χ0n) is 15.7. The highest BCUT2D eigenvalue weighted by molar-refractivity contribution is 6.05. The first-order valence-corrected chi connectivity index (χ1v) is 8.99. The van der Waals surface area contributed by atoms with Crippen LogP contribution in [-0.4, -0.2) is 65.8 Å². The van der Waals surface area contributed by atoms with E-state index in [1.807, 2.05) is 42.5 Å². The molecule has 0 saturated carbocycles. The quantitative estimate of drug-likeness (QED) is 0.672. The first-order valence-electron chi connectivity index (χ1n) is 8.99. The van der Waals surface area contributed by atoms with Crippen molar-refractivity contribution in [3.8, 4) is 0 Å². The van der Waals surface area contributed by atoms with E-state index < -0.39 is 6.04 Å². The number of likely N-dealkylation sites (N-methyl/N-ethyl adjacent to an activating group) is 2. The minimum Gasteiger partial charge on any atom is -0.339 e. The molecule has 6 nitrogen and oxygen atoms in total. The highest BCUT2D eigenvalue weighted by Crippen LogP contribution is 2.18. The second-order valence-electron chi connectivity index (χ2n) is 6.52. The van der Waals surface area contributed by atoms with E-state index >= 15 is 0 Å². The van der Waals surface area contributed by atoms with Crippen LogP contribution in [0, 0.1) is 0 Å². The summed E-state index contributed by atoms with van der Waals surface area (Å²) >= 11 is 0. The van der Waals surface area contributed by atoms with Gasteiger partial charge in [0.15, 0.2) is 0 Å². The summed E-state index contributed by atoms with van der Waals surface area (Å²) in [5.74, 6) is -0.425. The number of carbonyl (C=O) groups is 3. The Hall–Kier alpha value is -2.63. The van der Waals surface area contributed by atoms with Crippen LogP contribution < -0.4 is 0 Å². The number of hydrogen-bond donors (Lipinski definition) is 0. The molecule has 0 N–H and O–H groups in total. The van der Waals surface area contributed by atoms with Crippen LogP contribution in [-0.2, 0) is 9.59 Å². The molecular weight excluding hydrogens is 330 g/mol. The molecule has 1 saturated heterocycles. The molecule has 0 unspecified atom stereocenters. The third kappa shape index (κ3) is 4.71. The van der Waals surface area contributed by atoms with E-state index in [0.717, 1.165) is 23.3 Å². The molecule has 0 aromatic heterocycles. The minimum atomic E-state index is -0.706. The van der Waals surface area contributed by atoms with Gasteiger partial charge in [0.05, 0.1) is 6.42 Å². The molecule has 4 amide bonds. The maximum atomic E-state index is 12.7. The molecule has 1 atom stereocenters. The first kappa shape index (κ1) is 19.7. The van der Waals surface area contributed by atoms with Gasteiger partial charge < -0.3 is 9.80 Å². The van der Waals surface area contributed by atoms with Crippen LogP contribution in [0.3, 0.4) is 0 Å². The van der Waals surface area contributed by atoms with Crippen LogP contribution >= 0.6 is 0 Å². The van der Waals surface area contributed by atoms with E-state index in [1.165, 1.54) is 11.9 Å². The fourth-order valence-corrected chi connectivity index (χ4v) is 2.92. The molecule has 1 aliphatic rings. The van der Waals surface area contributed by atoms with E-state index in [4.69, 9.17) is 0 Å². The van der Waals surface area contributed by atoms with Crippen LogP contribution in [0.4, 0.5) is 4.79 Å². The van der Waals surface area contributed by atoms with E-state index in [1.54, 1.807) is 11.9 Å². The lowest BCUT2D eigenvalue weighted by Gasteiger charge is -2.24. The summed E-state index contributed by atoms with van der Waals surface area (Å²) in [5.41, 5.74) is 1.08. The van der Waals surface area contributed by atoms with E-state index in [0.29, 0.717) is 13.1 Å². The van der Waals surface area contributed by atoms with E-state index in [2.05, 4.69) is 6.92 Å². The van der Waals surface area contributed by atoms with Crippen molar-refractivity contribution >= 4 is 23.9 Å². The predicted octanol–water partition coefficient (Wildman–Crippen LogP) is 2.61. The average molecular weight is 357 g/mol. The number of rotatable bonds is 8. The maximum Gasteiger partial charge on any atom is 0.326 e. The van der Waals surface area contributed by atoms with E-state index in [-0.39, 0.29) is 24.3 Å². The molecule has 0 bridgehead atoms. The van der Waals surface area contributed by atoms with Crippen LogP contribution in [0.5, 0.6) is 0 Å². The average Bonchev–Trinajstić information content (AvgIpc) is 2.83. The van der Waals surface area contributed by atoms with Crippen LogP contribution in [0.2, 0.25) is 0 Å². The second kappa shape index (κ2) is 9.17. The van der Waals surface area contributed by atoms with Gasteiger partial charge in [0.25, 0.3) is 5.91 Å². The Morgan fingerprint density at radius 2 is 1.88 bits per heavy atom. The number of hydrogen-bond acceptors (Lipinski definition) is 3. The van der Waals surface area contributed by atoms with Crippen molar-refractivity contribution < 1.29 is 14.4 Å². The third-order valence-corrected chi connectivity index (χ3v) is 4.61. The lowest BCUT2D eigenvalue weighted by atomic mass is 10.1. The number of nitrogens with zero attached hydrogens (tertiary/aromatic N) is 3. The van der Waals surface area contributed by atoms with Gasteiger partial charge >= 0.3 is 6.03 Å². The van der Waals surface area contributed by atoms with Crippen molar-refractivity contribution in [1.82, 2.24) is 14.7 Å². The molecular formula is C20H27N3O3. The molecule has 140 valence electrons. The van der Waals surface area contributed by atoms with Crippen LogP contribution in [0.1, 0.15) is 31.7 Å². The van der Waals surface area contributed by atoms with Crippen molar-refractivity contribution in [3.05, 3.63) is 42.0 Å². The first-order chi connectivity index (χ1) is 12.5. The Labute approximate surface area is 155 Å². The monoisotopic (exact) mass is 357 g/mol. The molecule has 0 radical (unpaired) electrons. The molecule has 1 aromatic carbocycles. The van der Waals surface area contributed by atoms with Gasteiger partial charge in [0.1, 0.15) is 6.04 Å². The number of imide groups is 1. The SMILES string of the molecule is CCCCN(C/C=C/c1ccccc1)C(=O)C[C@H]1C(=O)N(C)C(=O)N1C. The molecule has 0 spiro atoms. The van der Waals surface area contributed by atoms with Gasteiger partial charge in [0.2, 0.25) is 5.91 Å². The van der Waals surface area contributed by atoms with Crippen molar-refractivity contribution in [2.45, 2.75) is 32.2 Å². The summed E-state index contributed by atoms with van der Waals surface area (Å²) in [6.07, 6.45) is 5.85. The van der Waals surface area contributed by atoms with Crippen molar-refractivity contribution in [3.63, 3.8) is 0 Å². The summed E-state index contributed by atoms with van der Waals surface area (Å²) in [4.78, 5) is 41.0. The normalized spacial score (nSPS) is 17.4. The molecule has 26 heavy (non-hydrogen) atoms. The molecule has 2 rings (SSSR count). The van der Waals surface area contributed by atoms with Gasteiger partial charge in [-0.3, -0.25) is 14.5 Å². The molecule has 1 heterocycles. The summed E-state index contributed by atoms with van der Waals surface area (Å²) in [6.45, 7) is 3.20. The Bertz CT molecular complexity index is 672. The van der Waals surface area contributed by atoms with Crippen molar-refractivity contribution in [2.75, 3.05) is 27.2 Å². The number of urea groups is 1. The molecule has 6 heteroatoms. The minimum absolute atomic E-state index is 0.0221. The van der Waals surface area contributed by atoms with Gasteiger partial charge in [-0.2, -0.15) is 0 Å². The van der Waals surface area contributed by atoms with Gasteiger partial charge in [-0.25, -0.2) is 4.79 Å². The van der Waals surface area contributed by atoms with Crippen LogP contribution in [0.25, 0.3) is 6.08 Å². The fourth-order valence-electron chi connectivity index (χ4n) is 2.92. The largest absolute Gasteiger partial charge is 0.339 e. The number of amides is 4. The highest BCUT2D eigenvalue weighted by Gasteiger charge is 2.42. The second-order valence-corrected chi connectivity index (χ2v) is 6.52. The number of carbonyl (C=O) groups excluding carboxylic acids is 3. The van der Waals surface area contributed by atoms with Gasteiger partial charge in [-0.05, 0) is 12.0 Å². The molecule has 0 aliphatic carbocycles. The summed E-state index contributed by atoms with van der Waals surface area (Å²) < 4.78 is 0. The van der Waals surface area contributed by atoms with Gasteiger partial charge in [-0.15, -0.1) is 0 Å². The van der Waals surface area contributed by atoms with Crippen molar-refractivity contribution in [1.29, 1.82) is 0 Å². The van der Waals surface area contributed by atoms with Crippen molar-refractivity contribution in [2.24, 2.45) is 0 Å². The Morgan fingerprint density at radius 1 is 1.19 bits per heavy atom. The zero-order chi connectivity index (χ0) is 19.1. The zero-order valence-corrected chi connectivity index (χ0v) is 15.7. The highest BCUT2D eigenvalue weighted by atomic mass is 16.2. The van der Waals surface area contributed by atoms with Crippen LogP contribution in [0.15, 0.2) is 36.4 Å². The fraction of sp³-hybridized carbons (Fsp3) is 0.450.